The fourth-order valence-electron chi connectivity index (χ4n) is 3.30. The lowest BCUT2D eigenvalue weighted by atomic mass is 9.55. The van der Waals surface area contributed by atoms with E-state index in [9.17, 15) is 0 Å². The van der Waals surface area contributed by atoms with E-state index in [-0.39, 0.29) is 0 Å². The van der Waals surface area contributed by atoms with Gasteiger partial charge in [0.25, 0.3) is 0 Å². The summed E-state index contributed by atoms with van der Waals surface area (Å²) >= 11 is 2.12. The molecule has 1 nitrogen and oxygen atoms in total. The number of hydrogen-bond donors (Lipinski definition) is 1. The van der Waals surface area contributed by atoms with Gasteiger partial charge in [-0.1, -0.05) is 6.92 Å². The molecule has 0 atom stereocenters. The summed E-state index contributed by atoms with van der Waals surface area (Å²) in [4.78, 5) is 0. The third-order valence-corrected chi connectivity index (χ3v) is 5.05. The lowest BCUT2D eigenvalue weighted by Gasteiger charge is -2.52. The van der Waals surface area contributed by atoms with Gasteiger partial charge in [-0.2, -0.15) is 11.8 Å². The molecular formula is C11H21NS. The van der Waals surface area contributed by atoms with Crippen LogP contribution in [-0.2, 0) is 0 Å². The van der Waals surface area contributed by atoms with Crippen molar-refractivity contribution in [3.8, 4) is 0 Å². The summed E-state index contributed by atoms with van der Waals surface area (Å²) in [5.74, 6) is 4.65. The normalized spacial score (nSPS) is 41.5. The standard InChI is InChI=1S/C11H21NS/c1-9-6-11(7-9,8-12)10-2-4-13-5-3-10/h9-10H,2-8,12H2,1H3. The topological polar surface area (TPSA) is 26.0 Å². The Morgan fingerprint density at radius 3 is 2.38 bits per heavy atom. The molecule has 1 saturated heterocycles. The number of rotatable bonds is 2. The zero-order valence-electron chi connectivity index (χ0n) is 8.59. The van der Waals surface area contributed by atoms with Crippen molar-refractivity contribution in [1.29, 1.82) is 0 Å². The monoisotopic (exact) mass is 199 g/mol. The van der Waals surface area contributed by atoms with Crippen molar-refractivity contribution < 1.29 is 0 Å². The number of thioether (sulfide) groups is 1. The van der Waals surface area contributed by atoms with Crippen LogP contribution in [0.3, 0.4) is 0 Å². The van der Waals surface area contributed by atoms with Crippen LogP contribution in [0.1, 0.15) is 32.6 Å². The van der Waals surface area contributed by atoms with Crippen LogP contribution in [0.25, 0.3) is 0 Å². The highest BCUT2D eigenvalue weighted by Gasteiger charge is 2.46. The summed E-state index contributed by atoms with van der Waals surface area (Å²) in [5, 5.41) is 0. The van der Waals surface area contributed by atoms with Crippen LogP contribution in [0.15, 0.2) is 0 Å². The summed E-state index contributed by atoms with van der Waals surface area (Å²) in [7, 11) is 0. The van der Waals surface area contributed by atoms with Gasteiger partial charge in [0.15, 0.2) is 0 Å². The van der Waals surface area contributed by atoms with Crippen molar-refractivity contribution >= 4 is 11.8 Å². The first-order valence-electron chi connectivity index (χ1n) is 5.55. The van der Waals surface area contributed by atoms with E-state index in [1.165, 1.54) is 37.2 Å². The maximum absolute atomic E-state index is 5.96. The molecule has 2 fully saturated rings. The fourth-order valence-corrected chi connectivity index (χ4v) is 4.41. The van der Waals surface area contributed by atoms with Gasteiger partial charge in [0, 0.05) is 0 Å². The van der Waals surface area contributed by atoms with Crippen molar-refractivity contribution in [2.75, 3.05) is 18.1 Å². The van der Waals surface area contributed by atoms with E-state index in [0.29, 0.717) is 5.41 Å². The molecule has 13 heavy (non-hydrogen) atoms. The van der Waals surface area contributed by atoms with Crippen LogP contribution in [0.4, 0.5) is 0 Å². The number of hydrogen-bond acceptors (Lipinski definition) is 2. The van der Waals surface area contributed by atoms with Gasteiger partial charge >= 0.3 is 0 Å². The molecule has 2 aliphatic rings. The molecule has 0 unspecified atom stereocenters. The van der Waals surface area contributed by atoms with Crippen molar-refractivity contribution in [3.05, 3.63) is 0 Å². The zero-order chi connectivity index (χ0) is 9.31. The van der Waals surface area contributed by atoms with Crippen LogP contribution in [0, 0.1) is 17.3 Å². The molecule has 76 valence electrons. The summed E-state index contributed by atoms with van der Waals surface area (Å²) < 4.78 is 0. The van der Waals surface area contributed by atoms with E-state index in [1.54, 1.807) is 0 Å². The Kier molecular flexibility index (Phi) is 2.89. The smallest absolute Gasteiger partial charge is 0.00177 e. The molecule has 0 spiro atoms. The molecule has 0 bridgehead atoms. The average molecular weight is 199 g/mol. The molecule has 2 heteroatoms. The van der Waals surface area contributed by atoms with Crippen molar-refractivity contribution in [2.24, 2.45) is 23.0 Å². The highest BCUT2D eigenvalue weighted by molar-refractivity contribution is 7.99. The highest BCUT2D eigenvalue weighted by atomic mass is 32.2. The van der Waals surface area contributed by atoms with Crippen molar-refractivity contribution in [2.45, 2.75) is 32.6 Å². The molecule has 0 aromatic heterocycles. The molecule has 1 aliphatic carbocycles. The third-order valence-electron chi connectivity index (χ3n) is 4.00. The Hall–Kier alpha value is 0.310. The maximum atomic E-state index is 5.96. The van der Waals surface area contributed by atoms with Crippen molar-refractivity contribution in [1.82, 2.24) is 0 Å². The van der Waals surface area contributed by atoms with Crippen LogP contribution < -0.4 is 5.73 Å². The second-order valence-electron chi connectivity index (χ2n) is 4.97. The first kappa shape index (κ1) is 9.85. The molecule has 1 aliphatic heterocycles. The van der Waals surface area contributed by atoms with E-state index in [0.717, 1.165) is 18.4 Å². The molecule has 0 aromatic rings. The summed E-state index contributed by atoms with van der Waals surface area (Å²) in [5.41, 5.74) is 6.52. The molecule has 0 radical (unpaired) electrons. The quantitative estimate of drug-likeness (QED) is 0.739. The van der Waals surface area contributed by atoms with E-state index in [4.69, 9.17) is 5.73 Å². The molecular weight excluding hydrogens is 178 g/mol. The Bertz CT molecular complexity index is 169. The molecule has 2 N–H and O–H groups in total. The fraction of sp³-hybridized carbons (Fsp3) is 1.00. The lowest BCUT2D eigenvalue weighted by molar-refractivity contribution is 0.00424. The summed E-state index contributed by atoms with van der Waals surface area (Å²) in [6.45, 7) is 3.30. The minimum absolute atomic E-state index is 0.570. The van der Waals surface area contributed by atoms with Crippen molar-refractivity contribution in [3.63, 3.8) is 0 Å². The minimum Gasteiger partial charge on any atom is -0.330 e. The van der Waals surface area contributed by atoms with Crippen LogP contribution in [0.5, 0.6) is 0 Å². The minimum atomic E-state index is 0.570. The second-order valence-corrected chi connectivity index (χ2v) is 6.19. The third kappa shape index (κ3) is 1.75. The van der Waals surface area contributed by atoms with Gasteiger partial charge in [-0.05, 0) is 61.0 Å². The molecule has 1 heterocycles. The van der Waals surface area contributed by atoms with E-state index in [2.05, 4.69) is 18.7 Å². The maximum Gasteiger partial charge on any atom is -0.00177 e. The van der Waals surface area contributed by atoms with E-state index in [1.807, 2.05) is 0 Å². The predicted molar refractivity (Wildman–Crippen MR) is 59.9 cm³/mol. The van der Waals surface area contributed by atoms with Crippen LogP contribution in [0.2, 0.25) is 0 Å². The highest BCUT2D eigenvalue weighted by Crippen LogP contribution is 2.53. The molecule has 1 saturated carbocycles. The first-order chi connectivity index (χ1) is 6.27. The SMILES string of the molecule is CC1CC(CN)(C2CCSCC2)C1. The molecule has 0 amide bonds. The van der Waals surface area contributed by atoms with Gasteiger partial charge in [-0.25, -0.2) is 0 Å². The average Bonchev–Trinajstić information content (AvgIpc) is 2.14. The number of nitrogens with two attached hydrogens (primary N) is 1. The Morgan fingerprint density at radius 2 is 1.92 bits per heavy atom. The van der Waals surface area contributed by atoms with Gasteiger partial charge in [-0.3, -0.25) is 0 Å². The van der Waals surface area contributed by atoms with Gasteiger partial charge in [0.05, 0.1) is 0 Å². The van der Waals surface area contributed by atoms with Gasteiger partial charge < -0.3 is 5.73 Å². The first-order valence-corrected chi connectivity index (χ1v) is 6.70. The summed E-state index contributed by atoms with van der Waals surface area (Å²) in [6, 6.07) is 0. The Morgan fingerprint density at radius 1 is 1.31 bits per heavy atom. The second kappa shape index (κ2) is 3.82. The van der Waals surface area contributed by atoms with Crippen LogP contribution >= 0.6 is 11.8 Å². The van der Waals surface area contributed by atoms with E-state index < -0.39 is 0 Å². The summed E-state index contributed by atoms with van der Waals surface area (Å²) in [6.07, 6.45) is 5.65. The van der Waals surface area contributed by atoms with Crippen LogP contribution in [-0.4, -0.2) is 18.1 Å². The largest absolute Gasteiger partial charge is 0.330 e. The Labute approximate surface area is 85.8 Å². The van der Waals surface area contributed by atoms with Gasteiger partial charge in [-0.15, -0.1) is 0 Å². The molecule has 0 aromatic carbocycles. The van der Waals surface area contributed by atoms with E-state index >= 15 is 0 Å². The van der Waals surface area contributed by atoms with Gasteiger partial charge in [0.1, 0.15) is 0 Å². The van der Waals surface area contributed by atoms with Gasteiger partial charge in [0.2, 0.25) is 0 Å². The Balaban J connectivity index is 1.95. The lowest BCUT2D eigenvalue weighted by Crippen LogP contribution is -2.48. The predicted octanol–water partition coefficient (Wildman–Crippen LogP) is 2.50. The molecule has 2 rings (SSSR count). The zero-order valence-corrected chi connectivity index (χ0v) is 9.41.